The van der Waals surface area contributed by atoms with Crippen LogP contribution in [0.2, 0.25) is 4.44 Å². The molecule has 148 valence electrons. The SMILES string of the molecule is CCC[CH2][Sn][c]1ccc2c(c1)c(CCCC)c(CCCC)c1cc(C)ccc12. The van der Waals surface area contributed by atoms with E-state index in [1.165, 1.54) is 77.5 Å². The van der Waals surface area contributed by atoms with Crippen LogP contribution in [0.15, 0.2) is 36.4 Å². The van der Waals surface area contributed by atoms with Crippen molar-refractivity contribution in [3.8, 4) is 0 Å². The number of hydrogen-bond acceptors (Lipinski definition) is 0. The predicted molar refractivity (Wildman–Crippen MR) is 129 cm³/mol. The molecule has 0 heterocycles. The van der Waals surface area contributed by atoms with Gasteiger partial charge in [-0.25, -0.2) is 0 Å². The topological polar surface area (TPSA) is 0 Å². The molecule has 0 aliphatic carbocycles. The second kappa shape index (κ2) is 10.7. The summed E-state index contributed by atoms with van der Waals surface area (Å²) >= 11 is -0.434. The Kier molecular flexibility index (Phi) is 8.26. The van der Waals surface area contributed by atoms with Crippen molar-refractivity contribution < 1.29 is 0 Å². The summed E-state index contributed by atoms with van der Waals surface area (Å²) in [5, 5.41) is 6.05. The van der Waals surface area contributed by atoms with Gasteiger partial charge in [-0.2, -0.15) is 0 Å². The van der Waals surface area contributed by atoms with Crippen molar-refractivity contribution in [2.24, 2.45) is 0 Å². The van der Waals surface area contributed by atoms with Crippen molar-refractivity contribution in [1.82, 2.24) is 0 Å². The Morgan fingerprint density at radius 1 is 0.643 bits per heavy atom. The first kappa shape index (κ1) is 21.7. The first-order chi connectivity index (χ1) is 13.7. The molecule has 0 amide bonds. The van der Waals surface area contributed by atoms with Crippen LogP contribution in [0.5, 0.6) is 0 Å². The van der Waals surface area contributed by atoms with Gasteiger partial charge in [-0.05, 0) is 0 Å². The Labute approximate surface area is 182 Å². The Bertz CT molecular complexity index is 923. The molecule has 3 aromatic rings. The summed E-state index contributed by atoms with van der Waals surface area (Å²) in [5.74, 6) is 0. The van der Waals surface area contributed by atoms with Crippen molar-refractivity contribution in [3.05, 3.63) is 53.1 Å². The van der Waals surface area contributed by atoms with Crippen LogP contribution in [-0.4, -0.2) is 21.1 Å². The van der Waals surface area contributed by atoms with Crippen LogP contribution >= 0.6 is 0 Å². The molecule has 0 atom stereocenters. The average molecular weight is 479 g/mol. The molecule has 3 aromatic carbocycles. The van der Waals surface area contributed by atoms with Gasteiger partial charge in [-0.15, -0.1) is 0 Å². The summed E-state index contributed by atoms with van der Waals surface area (Å²) in [6.07, 6.45) is 10.3. The van der Waals surface area contributed by atoms with E-state index < -0.39 is 21.1 Å². The van der Waals surface area contributed by atoms with Gasteiger partial charge in [0, 0.05) is 0 Å². The van der Waals surface area contributed by atoms with Crippen molar-refractivity contribution >= 4 is 46.3 Å². The van der Waals surface area contributed by atoms with Gasteiger partial charge in [0.2, 0.25) is 0 Å². The van der Waals surface area contributed by atoms with E-state index in [2.05, 4.69) is 64.1 Å². The number of aryl methyl sites for hydroxylation is 3. The summed E-state index contributed by atoms with van der Waals surface area (Å²) in [4.78, 5) is 0. The molecule has 0 fully saturated rings. The van der Waals surface area contributed by atoms with Gasteiger partial charge in [0.25, 0.3) is 0 Å². The van der Waals surface area contributed by atoms with Crippen LogP contribution in [0.25, 0.3) is 21.5 Å². The van der Waals surface area contributed by atoms with Crippen molar-refractivity contribution in [3.63, 3.8) is 0 Å². The fourth-order valence-electron chi connectivity index (χ4n) is 4.29. The minimum atomic E-state index is -0.434. The average Bonchev–Trinajstić information content (AvgIpc) is 2.71. The molecule has 3 rings (SSSR count). The Morgan fingerprint density at radius 3 is 1.82 bits per heavy atom. The van der Waals surface area contributed by atoms with Gasteiger partial charge in [-0.1, -0.05) is 0 Å². The molecular formula is C27H36Sn. The van der Waals surface area contributed by atoms with E-state index in [9.17, 15) is 0 Å². The third-order valence-corrected chi connectivity index (χ3v) is 9.69. The van der Waals surface area contributed by atoms with E-state index in [4.69, 9.17) is 0 Å². The van der Waals surface area contributed by atoms with Gasteiger partial charge in [0.1, 0.15) is 0 Å². The van der Waals surface area contributed by atoms with Gasteiger partial charge in [-0.3, -0.25) is 0 Å². The van der Waals surface area contributed by atoms with Crippen LogP contribution in [-0.2, 0) is 12.8 Å². The molecule has 2 radical (unpaired) electrons. The summed E-state index contributed by atoms with van der Waals surface area (Å²) < 4.78 is 3.17. The summed E-state index contributed by atoms with van der Waals surface area (Å²) in [6.45, 7) is 9.20. The molecule has 28 heavy (non-hydrogen) atoms. The Morgan fingerprint density at radius 2 is 1.21 bits per heavy atom. The normalized spacial score (nSPS) is 11.6. The van der Waals surface area contributed by atoms with Gasteiger partial charge < -0.3 is 0 Å². The Balaban J connectivity index is 2.23. The minimum absolute atomic E-state index is 0.434. The molecule has 0 unspecified atom stereocenters. The van der Waals surface area contributed by atoms with Crippen LogP contribution < -0.4 is 3.58 Å². The van der Waals surface area contributed by atoms with Crippen molar-refractivity contribution in [1.29, 1.82) is 0 Å². The van der Waals surface area contributed by atoms with Crippen LogP contribution in [0, 0.1) is 6.92 Å². The van der Waals surface area contributed by atoms with E-state index in [1.54, 1.807) is 20.1 Å². The molecule has 0 aliphatic heterocycles. The third-order valence-electron chi connectivity index (χ3n) is 5.92. The van der Waals surface area contributed by atoms with E-state index >= 15 is 0 Å². The molecule has 0 saturated carbocycles. The van der Waals surface area contributed by atoms with E-state index in [1.807, 2.05) is 0 Å². The number of fused-ring (bicyclic) bond motifs is 3. The zero-order valence-electron chi connectivity index (χ0n) is 18.3. The molecule has 0 bridgehead atoms. The second-order valence-corrected chi connectivity index (χ2v) is 12.3. The fourth-order valence-corrected chi connectivity index (χ4v) is 7.91. The van der Waals surface area contributed by atoms with E-state index in [0.717, 1.165) is 0 Å². The van der Waals surface area contributed by atoms with Crippen LogP contribution in [0.1, 0.15) is 76.0 Å². The molecule has 0 aromatic heterocycles. The summed E-state index contributed by atoms with van der Waals surface area (Å²) in [6, 6.07) is 14.6. The molecule has 0 nitrogen and oxygen atoms in total. The zero-order chi connectivity index (χ0) is 19.9. The third kappa shape index (κ3) is 4.93. The number of hydrogen-bond donors (Lipinski definition) is 0. The van der Waals surface area contributed by atoms with Crippen LogP contribution in [0.3, 0.4) is 0 Å². The van der Waals surface area contributed by atoms with Crippen molar-refractivity contribution in [2.45, 2.75) is 83.5 Å². The first-order valence-corrected chi connectivity index (χ1v) is 14.9. The molecule has 0 spiro atoms. The number of rotatable bonds is 10. The number of unbranched alkanes of at least 4 members (excludes halogenated alkanes) is 3. The fraction of sp³-hybridized carbons (Fsp3) is 0.481. The quantitative estimate of drug-likeness (QED) is 0.160. The maximum atomic E-state index is 2.61. The molecule has 0 saturated heterocycles. The van der Waals surface area contributed by atoms with Gasteiger partial charge >= 0.3 is 183 Å². The standard InChI is InChI=1S/C23H27.C4H9.Sn/c1-4-6-10-18-19-12-8-9-13-20(19)22-15-14-17(3)16-23(22)21(18)11-7-5-2;1-3-4-2;/h9,12-16H,4-7,10-11H2,1-3H3;1,3-4H2,2H3;. The van der Waals surface area contributed by atoms with Crippen LogP contribution in [0.4, 0.5) is 0 Å². The Hall–Kier alpha value is -1.02. The van der Waals surface area contributed by atoms with Crippen molar-refractivity contribution in [2.75, 3.05) is 0 Å². The molecule has 0 aliphatic rings. The zero-order valence-corrected chi connectivity index (χ0v) is 21.2. The maximum absolute atomic E-state index is 2.61. The van der Waals surface area contributed by atoms with E-state index in [0.29, 0.717) is 0 Å². The van der Waals surface area contributed by atoms with Gasteiger partial charge in [0.15, 0.2) is 0 Å². The molecule has 1 heteroatoms. The number of benzene rings is 3. The first-order valence-electron chi connectivity index (χ1n) is 11.4. The summed E-state index contributed by atoms with van der Waals surface area (Å²) in [5.41, 5.74) is 4.70. The molecular weight excluding hydrogens is 443 g/mol. The second-order valence-electron chi connectivity index (χ2n) is 8.25. The predicted octanol–water partition coefficient (Wildman–Crippen LogP) is 7.53. The monoisotopic (exact) mass is 480 g/mol. The molecule has 0 N–H and O–H groups in total. The van der Waals surface area contributed by atoms with E-state index in [-0.39, 0.29) is 0 Å². The summed E-state index contributed by atoms with van der Waals surface area (Å²) in [7, 11) is 0. The van der Waals surface area contributed by atoms with Gasteiger partial charge in [0.05, 0.1) is 0 Å².